The average molecular weight is 422 g/mol. The molecule has 1 aromatic carbocycles. The summed E-state index contributed by atoms with van der Waals surface area (Å²) in [5.74, 6) is 1.44. The molecule has 0 aliphatic heterocycles. The minimum atomic E-state index is 0.0415. The molecular weight excluding hydrogens is 405 g/mol. The highest BCUT2D eigenvalue weighted by molar-refractivity contribution is 14.1. The lowest BCUT2D eigenvalue weighted by Gasteiger charge is -2.16. The Morgan fingerprint density at radius 3 is 2.94 bits per heavy atom. The topological polar surface area (TPSA) is 29.1 Å². The molecule has 0 heterocycles. The predicted octanol–water partition coefficient (Wildman–Crippen LogP) is 4.22. The summed E-state index contributed by atoms with van der Waals surface area (Å²) in [5.41, 5.74) is 0.760. The van der Waals surface area contributed by atoms with Gasteiger partial charge in [-0.2, -0.15) is 0 Å². The average Bonchev–Trinajstić information content (AvgIpc) is 2.75. The van der Waals surface area contributed by atoms with Crippen molar-refractivity contribution in [2.24, 2.45) is 11.8 Å². The largest absolute Gasteiger partial charge is 0.352 e. The Morgan fingerprint density at radius 2 is 2.28 bits per heavy atom. The van der Waals surface area contributed by atoms with Crippen LogP contribution in [-0.4, -0.2) is 12.5 Å². The molecule has 0 bridgehead atoms. The van der Waals surface area contributed by atoms with Crippen LogP contribution in [-0.2, 0) is 0 Å². The second-order valence-corrected chi connectivity index (χ2v) is 7.08. The van der Waals surface area contributed by atoms with E-state index in [4.69, 9.17) is 0 Å². The Kier molecular flexibility index (Phi) is 5.06. The van der Waals surface area contributed by atoms with Gasteiger partial charge in [-0.25, -0.2) is 0 Å². The molecule has 4 heteroatoms. The number of carbonyl (C=O) groups is 1. The molecule has 0 radical (unpaired) electrons. The van der Waals surface area contributed by atoms with E-state index in [0.717, 1.165) is 26.1 Å². The Labute approximate surface area is 130 Å². The van der Waals surface area contributed by atoms with Gasteiger partial charge in [0.2, 0.25) is 0 Å². The Hall–Kier alpha value is -0.100. The first kappa shape index (κ1) is 14.3. The molecule has 2 rings (SSSR count). The van der Waals surface area contributed by atoms with E-state index in [1.54, 1.807) is 0 Å². The van der Waals surface area contributed by atoms with E-state index in [1.807, 2.05) is 18.2 Å². The first-order chi connectivity index (χ1) is 8.58. The summed E-state index contributed by atoms with van der Waals surface area (Å²) in [5, 5.41) is 3.07. The zero-order valence-corrected chi connectivity index (χ0v) is 14.1. The Bertz CT molecular complexity index is 449. The van der Waals surface area contributed by atoms with E-state index >= 15 is 0 Å². The molecule has 0 spiro atoms. The van der Waals surface area contributed by atoms with Gasteiger partial charge >= 0.3 is 0 Å². The SMILES string of the molecule is CC1CCCC1CNC(=O)c1cc(Br)ccc1I. The minimum Gasteiger partial charge on any atom is -0.352 e. The van der Waals surface area contributed by atoms with Crippen molar-refractivity contribution in [3.63, 3.8) is 0 Å². The van der Waals surface area contributed by atoms with Gasteiger partial charge in [0.05, 0.1) is 5.56 Å². The monoisotopic (exact) mass is 421 g/mol. The number of hydrogen-bond acceptors (Lipinski definition) is 1. The van der Waals surface area contributed by atoms with Crippen molar-refractivity contribution in [2.45, 2.75) is 26.2 Å². The summed E-state index contributed by atoms with van der Waals surface area (Å²) in [6.07, 6.45) is 3.85. The number of hydrogen-bond donors (Lipinski definition) is 1. The summed E-state index contributed by atoms with van der Waals surface area (Å²) in [6.45, 7) is 3.09. The molecule has 1 amide bonds. The second-order valence-electron chi connectivity index (χ2n) is 5.00. The third-order valence-electron chi connectivity index (χ3n) is 3.74. The number of amides is 1. The lowest BCUT2D eigenvalue weighted by atomic mass is 9.98. The maximum absolute atomic E-state index is 12.1. The lowest BCUT2D eigenvalue weighted by molar-refractivity contribution is 0.0943. The highest BCUT2D eigenvalue weighted by atomic mass is 127. The molecule has 2 atom stereocenters. The van der Waals surface area contributed by atoms with Crippen LogP contribution in [0.5, 0.6) is 0 Å². The third kappa shape index (κ3) is 3.47. The maximum Gasteiger partial charge on any atom is 0.252 e. The molecule has 2 unspecified atom stereocenters. The van der Waals surface area contributed by atoms with E-state index in [9.17, 15) is 4.79 Å². The van der Waals surface area contributed by atoms with Crippen LogP contribution >= 0.6 is 38.5 Å². The summed E-state index contributed by atoms with van der Waals surface area (Å²) in [4.78, 5) is 12.1. The van der Waals surface area contributed by atoms with E-state index in [0.29, 0.717) is 5.92 Å². The lowest BCUT2D eigenvalue weighted by Crippen LogP contribution is -2.30. The van der Waals surface area contributed by atoms with Crippen molar-refractivity contribution in [1.29, 1.82) is 0 Å². The quantitative estimate of drug-likeness (QED) is 0.727. The maximum atomic E-state index is 12.1. The van der Waals surface area contributed by atoms with Crippen molar-refractivity contribution < 1.29 is 4.79 Å². The number of benzene rings is 1. The molecule has 0 saturated heterocycles. The molecule has 1 fully saturated rings. The van der Waals surface area contributed by atoms with Gasteiger partial charge < -0.3 is 5.32 Å². The van der Waals surface area contributed by atoms with Crippen molar-refractivity contribution in [2.75, 3.05) is 6.54 Å². The predicted molar refractivity (Wildman–Crippen MR) is 85.7 cm³/mol. The molecule has 0 aromatic heterocycles. The molecule has 1 aliphatic rings. The normalized spacial score (nSPS) is 23.1. The fourth-order valence-corrected chi connectivity index (χ4v) is 3.46. The van der Waals surface area contributed by atoms with Crippen LogP contribution in [0.25, 0.3) is 0 Å². The summed E-state index contributed by atoms with van der Waals surface area (Å²) < 4.78 is 1.94. The summed E-state index contributed by atoms with van der Waals surface area (Å²) in [6, 6.07) is 5.80. The van der Waals surface area contributed by atoms with Crippen LogP contribution in [0.2, 0.25) is 0 Å². The second kappa shape index (κ2) is 6.37. The van der Waals surface area contributed by atoms with Gasteiger partial charge in [0.25, 0.3) is 5.91 Å². The smallest absolute Gasteiger partial charge is 0.252 e. The van der Waals surface area contributed by atoms with E-state index in [1.165, 1.54) is 19.3 Å². The van der Waals surface area contributed by atoms with Crippen LogP contribution in [0, 0.1) is 15.4 Å². The number of carbonyl (C=O) groups excluding carboxylic acids is 1. The summed E-state index contributed by atoms with van der Waals surface area (Å²) in [7, 11) is 0. The van der Waals surface area contributed by atoms with Gasteiger partial charge in [0, 0.05) is 14.6 Å². The van der Waals surface area contributed by atoms with Gasteiger partial charge in [0.1, 0.15) is 0 Å². The van der Waals surface area contributed by atoms with Crippen molar-refractivity contribution in [1.82, 2.24) is 5.32 Å². The standard InChI is InChI=1S/C14H17BrINO/c1-9-3-2-4-10(9)8-17-14(18)12-7-11(15)5-6-13(12)16/h5-7,9-10H,2-4,8H2,1H3,(H,17,18). The van der Waals surface area contributed by atoms with Crippen LogP contribution in [0.3, 0.4) is 0 Å². The molecular formula is C14H17BrINO. The first-order valence-electron chi connectivity index (χ1n) is 6.31. The van der Waals surface area contributed by atoms with Gasteiger partial charge in [-0.15, -0.1) is 0 Å². The Balaban J connectivity index is 1.97. The number of nitrogens with one attached hydrogen (secondary N) is 1. The third-order valence-corrected chi connectivity index (χ3v) is 5.17. The zero-order chi connectivity index (χ0) is 13.1. The van der Waals surface area contributed by atoms with Crippen molar-refractivity contribution >= 4 is 44.4 Å². The number of rotatable bonds is 3. The van der Waals surface area contributed by atoms with Crippen molar-refractivity contribution in [3.8, 4) is 0 Å². The number of halogens is 2. The van der Waals surface area contributed by atoms with E-state index in [2.05, 4.69) is 50.8 Å². The highest BCUT2D eigenvalue weighted by Crippen LogP contribution is 2.30. The fraction of sp³-hybridized carbons (Fsp3) is 0.500. The molecule has 18 heavy (non-hydrogen) atoms. The van der Waals surface area contributed by atoms with Crippen molar-refractivity contribution in [3.05, 3.63) is 31.8 Å². The molecule has 2 nitrogen and oxygen atoms in total. The zero-order valence-electron chi connectivity index (χ0n) is 10.4. The van der Waals surface area contributed by atoms with Crippen LogP contribution in [0.4, 0.5) is 0 Å². The van der Waals surface area contributed by atoms with Gasteiger partial charge in [-0.3, -0.25) is 4.79 Å². The van der Waals surface area contributed by atoms with Gasteiger partial charge in [-0.1, -0.05) is 35.7 Å². The minimum absolute atomic E-state index is 0.0415. The highest BCUT2D eigenvalue weighted by Gasteiger charge is 2.23. The molecule has 1 saturated carbocycles. The van der Waals surface area contributed by atoms with Crippen LogP contribution in [0.15, 0.2) is 22.7 Å². The van der Waals surface area contributed by atoms with Gasteiger partial charge in [-0.05, 0) is 59.0 Å². The Morgan fingerprint density at radius 1 is 1.50 bits per heavy atom. The molecule has 1 N–H and O–H groups in total. The summed E-state index contributed by atoms with van der Waals surface area (Å²) >= 11 is 5.61. The van der Waals surface area contributed by atoms with E-state index in [-0.39, 0.29) is 5.91 Å². The van der Waals surface area contributed by atoms with Crippen LogP contribution < -0.4 is 5.32 Å². The molecule has 1 aromatic rings. The first-order valence-corrected chi connectivity index (χ1v) is 8.18. The van der Waals surface area contributed by atoms with Crippen LogP contribution in [0.1, 0.15) is 36.5 Å². The molecule has 1 aliphatic carbocycles. The van der Waals surface area contributed by atoms with E-state index < -0.39 is 0 Å². The molecule has 98 valence electrons. The fourth-order valence-electron chi connectivity index (χ4n) is 2.52. The van der Waals surface area contributed by atoms with Gasteiger partial charge in [0.15, 0.2) is 0 Å².